The predicted molar refractivity (Wildman–Crippen MR) is 112 cm³/mol. The second-order valence-electron chi connectivity index (χ2n) is 7.66. The summed E-state index contributed by atoms with van der Waals surface area (Å²) in [6.45, 7) is 1.74. The molecule has 164 valence electrons. The number of fused-ring (bicyclic) bond motifs is 1. The topological polar surface area (TPSA) is 105 Å². The molecule has 2 N–H and O–H groups in total. The largest absolute Gasteiger partial charge is 0.385 e. The summed E-state index contributed by atoms with van der Waals surface area (Å²) in [5, 5.41) is 9.01. The maximum atomic E-state index is 13.0. The van der Waals surface area contributed by atoms with Crippen molar-refractivity contribution in [3.8, 4) is 0 Å². The average Bonchev–Trinajstić information content (AvgIpc) is 3.39. The third-order valence-corrected chi connectivity index (χ3v) is 5.43. The first kappa shape index (κ1) is 21.0. The summed E-state index contributed by atoms with van der Waals surface area (Å²) in [5.41, 5.74) is 4.44. The molecule has 10 heteroatoms. The van der Waals surface area contributed by atoms with E-state index in [1.54, 1.807) is 23.7 Å². The van der Waals surface area contributed by atoms with Crippen molar-refractivity contribution in [1.82, 2.24) is 35.4 Å². The minimum Gasteiger partial charge on any atom is -0.385 e. The highest BCUT2D eigenvalue weighted by atomic mass is 16.5. The molecule has 1 fully saturated rings. The van der Waals surface area contributed by atoms with Crippen LogP contribution < -0.4 is 10.7 Å². The summed E-state index contributed by atoms with van der Waals surface area (Å²) >= 11 is 0. The second-order valence-corrected chi connectivity index (χ2v) is 7.66. The zero-order valence-electron chi connectivity index (χ0n) is 17.7. The van der Waals surface area contributed by atoms with Gasteiger partial charge in [-0.1, -0.05) is 30.3 Å². The molecule has 2 aliphatic heterocycles. The van der Waals surface area contributed by atoms with Crippen LogP contribution in [0.2, 0.25) is 0 Å². The highest BCUT2D eigenvalue weighted by molar-refractivity contribution is 5.95. The van der Waals surface area contributed by atoms with Crippen LogP contribution in [0.25, 0.3) is 0 Å². The number of hydrogen-bond donors (Lipinski definition) is 2. The molecule has 2 amide bonds. The molecule has 0 radical (unpaired) electrons. The van der Waals surface area contributed by atoms with Crippen LogP contribution in [-0.2, 0) is 16.1 Å². The highest BCUT2D eigenvalue weighted by Gasteiger charge is 2.36. The highest BCUT2D eigenvalue weighted by Crippen LogP contribution is 2.22. The number of carbonyl (C=O) groups excluding carboxylic acids is 2. The maximum absolute atomic E-state index is 13.0. The number of nitrogens with one attached hydrogen (secondary N) is 2. The van der Waals surface area contributed by atoms with Crippen LogP contribution >= 0.6 is 0 Å². The molecule has 1 aromatic carbocycles. The number of benzene rings is 1. The number of rotatable bonds is 7. The van der Waals surface area contributed by atoms with Crippen molar-refractivity contribution < 1.29 is 14.3 Å². The molecule has 2 atom stereocenters. The van der Waals surface area contributed by atoms with E-state index in [0.29, 0.717) is 26.1 Å². The number of methoxy groups -OCH3 is 1. The van der Waals surface area contributed by atoms with Gasteiger partial charge in [-0.25, -0.2) is 15.1 Å². The summed E-state index contributed by atoms with van der Waals surface area (Å²) < 4.78 is 6.75. The molecule has 0 aliphatic carbocycles. The zero-order chi connectivity index (χ0) is 21.8. The Hall–Kier alpha value is -3.24. The number of nitrogens with zero attached hydrogens (tertiary/aromatic N) is 5. The molecule has 0 spiro atoms. The Bertz CT molecular complexity index is 959. The van der Waals surface area contributed by atoms with Gasteiger partial charge in [0.1, 0.15) is 18.2 Å². The van der Waals surface area contributed by atoms with Gasteiger partial charge in [-0.15, -0.1) is 5.10 Å². The van der Waals surface area contributed by atoms with E-state index in [0.717, 1.165) is 17.8 Å². The van der Waals surface area contributed by atoms with Crippen molar-refractivity contribution in [1.29, 1.82) is 0 Å². The minimum atomic E-state index is -0.649. The molecule has 3 heterocycles. The molecule has 1 aromatic heterocycles. The Balaban J connectivity index is 1.39. The summed E-state index contributed by atoms with van der Waals surface area (Å²) in [7, 11) is 3.39. The lowest BCUT2D eigenvalue weighted by Gasteiger charge is -2.25. The fourth-order valence-electron chi connectivity index (χ4n) is 3.77. The first-order chi connectivity index (χ1) is 15.0. The Kier molecular flexibility index (Phi) is 6.28. The SMILES string of the molecule is COCCC1C=C2N(CCC(NC(=O)c3ncn(Cc4ccccc4)n3)C(=O)N2C)N1. The standard InChI is InChI=1S/C21H27N7O3/c1-26-18-12-16(9-11-31-2)24-28(18)10-8-17(21(26)30)23-20(29)19-22-14-27(25-19)13-15-6-4-3-5-7-15/h3-7,12,14,16-17,24H,8-11,13H2,1-2H3,(H,23,29). The summed E-state index contributed by atoms with van der Waals surface area (Å²) in [4.78, 5) is 31.3. The van der Waals surface area contributed by atoms with Gasteiger partial charge in [0.15, 0.2) is 0 Å². The summed E-state index contributed by atoms with van der Waals surface area (Å²) in [5.74, 6) is 0.224. The van der Waals surface area contributed by atoms with Gasteiger partial charge in [-0.3, -0.25) is 19.5 Å². The predicted octanol–water partition coefficient (Wildman–Crippen LogP) is 0.354. The average molecular weight is 425 g/mol. The maximum Gasteiger partial charge on any atom is 0.291 e. The van der Waals surface area contributed by atoms with Crippen LogP contribution in [0.15, 0.2) is 48.6 Å². The molecule has 0 bridgehead atoms. The number of amides is 2. The van der Waals surface area contributed by atoms with Gasteiger partial charge >= 0.3 is 0 Å². The van der Waals surface area contributed by atoms with Gasteiger partial charge < -0.3 is 10.1 Å². The van der Waals surface area contributed by atoms with Gasteiger partial charge in [-0.05, 0) is 24.5 Å². The fraction of sp³-hybridized carbons (Fsp3) is 0.429. The lowest BCUT2D eigenvalue weighted by atomic mass is 10.2. The minimum absolute atomic E-state index is 0.0492. The first-order valence-corrected chi connectivity index (χ1v) is 10.3. The number of ether oxygens (including phenoxy) is 1. The Morgan fingerprint density at radius 3 is 2.90 bits per heavy atom. The van der Waals surface area contributed by atoms with E-state index in [2.05, 4.69) is 20.8 Å². The fourth-order valence-corrected chi connectivity index (χ4v) is 3.77. The molecule has 2 unspecified atom stereocenters. The van der Waals surface area contributed by atoms with E-state index in [4.69, 9.17) is 4.74 Å². The molecule has 4 rings (SSSR count). The molecule has 0 saturated carbocycles. The first-order valence-electron chi connectivity index (χ1n) is 10.3. The van der Waals surface area contributed by atoms with Gasteiger partial charge in [0, 0.05) is 27.3 Å². The van der Waals surface area contributed by atoms with Crippen LogP contribution in [0, 0.1) is 0 Å². The molecular formula is C21H27N7O3. The zero-order valence-corrected chi connectivity index (χ0v) is 17.7. The number of hydrogen-bond acceptors (Lipinski definition) is 7. The second kappa shape index (κ2) is 9.27. The molecule has 31 heavy (non-hydrogen) atoms. The van der Waals surface area contributed by atoms with Gasteiger partial charge in [0.05, 0.1) is 12.6 Å². The van der Waals surface area contributed by atoms with Crippen LogP contribution in [0.3, 0.4) is 0 Å². The van der Waals surface area contributed by atoms with E-state index in [1.807, 2.05) is 41.4 Å². The normalized spacial score (nSPS) is 21.0. The Morgan fingerprint density at radius 2 is 2.13 bits per heavy atom. The number of aromatic nitrogens is 3. The smallest absolute Gasteiger partial charge is 0.291 e. The summed E-state index contributed by atoms with van der Waals surface area (Å²) in [6, 6.07) is 9.28. The third kappa shape index (κ3) is 4.75. The van der Waals surface area contributed by atoms with Crippen LogP contribution in [0.5, 0.6) is 0 Å². The lowest BCUT2D eigenvalue weighted by Crippen LogP contribution is -2.46. The quantitative estimate of drug-likeness (QED) is 0.660. The third-order valence-electron chi connectivity index (χ3n) is 5.43. The van der Waals surface area contributed by atoms with Crippen molar-refractivity contribution in [3.63, 3.8) is 0 Å². The molecule has 2 aliphatic rings. The van der Waals surface area contributed by atoms with Gasteiger partial charge in [0.2, 0.25) is 5.82 Å². The van der Waals surface area contributed by atoms with Crippen molar-refractivity contribution >= 4 is 11.8 Å². The van der Waals surface area contributed by atoms with E-state index >= 15 is 0 Å². The van der Waals surface area contributed by atoms with E-state index in [-0.39, 0.29) is 17.8 Å². The molecule has 10 nitrogen and oxygen atoms in total. The van der Waals surface area contributed by atoms with Crippen LogP contribution in [0.4, 0.5) is 0 Å². The molecular weight excluding hydrogens is 398 g/mol. The van der Waals surface area contributed by atoms with E-state index < -0.39 is 11.9 Å². The van der Waals surface area contributed by atoms with E-state index in [9.17, 15) is 9.59 Å². The van der Waals surface area contributed by atoms with Gasteiger partial charge in [-0.2, -0.15) is 0 Å². The Labute approximate surface area is 180 Å². The Morgan fingerprint density at radius 1 is 1.32 bits per heavy atom. The van der Waals surface area contributed by atoms with Crippen molar-refractivity contribution in [2.75, 3.05) is 27.3 Å². The molecule has 1 saturated heterocycles. The van der Waals surface area contributed by atoms with Gasteiger partial charge in [0.25, 0.3) is 11.8 Å². The van der Waals surface area contributed by atoms with Crippen molar-refractivity contribution in [3.05, 3.63) is 59.9 Å². The van der Waals surface area contributed by atoms with E-state index in [1.165, 1.54) is 6.33 Å². The van der Waals surface area contributed by atoms with Crippen molar-refractivity contribution in [2.45, 2.75) is 31.5 Å². The molecule has 2 aromatic rings. The van der Waals surface area contributed by atoms with Crippen LogP contribution in [-0.4, -0.2) is 75.9 Å². The number of hydrazine groups is 1. The summed E-state index contributed by atoms with van der Waals surface area (Å²) in [6.07, 6.45) is 4.83. The lowest BCUT2D eigenvalue weighted by molar-refractivity contribution is -0.130. The number of likely N-dealkylation sites (N-methyl/N-ethyl adjacent to an activating group) is 1. The monoisotopic (exact) mass is 425 g/mol. The van der Waals surface area contributed by atoms with Crippen LogP contribution in [0.1, 0.15) is 29.0 Å². The van der Waals surface area contributed by atoms with Crippen molar-refractivity contribution in [2.24, 2.45) is 0 Å². The number of carbonyl (C=O) groups is 2.